The van der Waals surface area contributed by atoms with Crippen LogP contribution in [-0.4, -0.2) is 24.3 Å². The average Bonchev–Trinajstić information content (AvgIpc) is 2.24. The maximum absolute atomic E-state index is 12.4. The number of ether oxygens (including phenoxy) is 1. The van der Waals surface area contributed by atoms with Crippen molar-refractivity contribution in [1.29, 1.82) is 0 Å². The zero-order valence-electron chi connectivity index (χ0n) is 8.99. The smallest absolute Gasteiger partial charge is 0.416 e. The van der Waals surface area contributed by atoms with Crippen molar-refractivity contribution in [3.8, 4) is 0 Å². The molecule has 0 heterocycles. The van der Waals surface area contributed by atoms with Gasteiger partial charge < -0.3 is 9.84 Å². The molecule has 0 aliphatic heterocycles. The lowest BCUT2D eigenvalue weighted by Crippen LogP contribution is -2.25. The Morgan fingerprint density at radius 2 is 2.12 bits per heavy atom. The van der Waals surface area contributed by atoms with Gasteiger partial charge in [-0.3, -0.25) is 0 Å². The van der Waals surface area contributed by atoms with E-state index < -0.39 is 23.8 Å². The zero-order valence-corrected chi connectivity index (χ0v) is 8.99. The van der Waals surface area contributed by atoms with Crippen molar-refractivity contribution in [3.05, 3.63) is 35.4 Å². The summed E-state index contributed by atoms with van der Waals surface area (Å²) in [6.45, 7) is 0. The highest BCUT2D eigenvalue weighted by atomic mass is 19.4. The van der Waals surface area contributed by atoms with Crippen molar-refractivity contribution in [2.75, 3.05) is 7.11 Å². The molecule has 3 nitrogen and oxygen atoms in total. The van der Waals surface area contributed by atoms with Crippen molar-refractivity contribution >= 4 is 5.97 Å². The maximum Gasteiger partial charge on any atom is 0.416 e. The second-order valence-electron chi connectivity index (χ2n) is 3.46. The molecule has 0 radical (unpaired) electrons. The van der Waals surface area contributed by atoms with Gasteiger partial charge in [0.05, 0.1) is 5.56 Å². The van der Waals surface area contributed by atoms with Crippen LogP contribution in [-0.2, 0) is 22.1 Å². The fourth-order valence-corrected chi connectivity index (χ4v) is 1.36. The number of methoxy groups -OCH3 is 1. The highest BCUT2D eigenvalue weighted by Crippen LogP contribution is 2.29. The Labute approximate surface area is 95.8 Å². The largest absolute Gasteiger partial charge is 0.479 e. The predicted molar refractivity (Wildman–Crippen MR) is 53.6 cm³/mol. The Kier molecular flexibility index (Phi) is 4.11. The minimum Gasteiger partial charge on any atom is -0.479 e. The van der Waals surface area contributed by atoms with Gasteiger partial charge in [0, 0.05) is 13.5 Å². The molecule has 1 N–H and O–H groups in total. The Morgan fingerprint density at radius 3 is 2.59 bits per heavy atom. The Balaban J connectivity index is 2.89. The van der Waals surface area contributed by atoms with E-state index >= 15 is 0 Å². The van der Waals surface area contributed by atoms with E-state index in [1.165, 1.54) is 19.2 Å². The molecule has 1 aromatic rings. The van der Waals surface area contributed by atoms with Gasteiger partial charge in [-0.25, -0.2) is 4.79 Å². The zero-order chi connectivity index (χ0) is 13.1. The minimum atomic E-state index is -4.43. The first-order valence-corrected chi connectivity index (χ1v) is 4.76. The molecule has 94 valence electrons. The predicted octanol–water partition coefficient (Wildman–Crippen LogP) is 2.35. The molecular weight excluding hydrogens is 237 g/mol. The van der Waals surface area contributed by atoms with E-state index in [1.807, 2.05) is 0 Å². The number of aliphatic carboxylic acids is 1. The molecule has 0 amide bonds. The van der Waals surface area contributed by atoms with Crippen LogP contribution in [0.25, 0.3) is 0 Å². The molecule has 0 bridgehead atoms. The van der Waals surface area contributed by atoms with Gasteiger partial charge in [0.25, 0.3) is 0 Å². The number of carboxylic acids is 1. The van der Waals surface area contributed by atoms with E-state index in [1.54, 1.807) is 0 Å². The molecule has 0 aliphatic carbocycles. The van der Waals surface area contributed by atoms with E-state index in [2.05, 4.69) is 4.74 Å². The fourth-order valence-electron chi connectivity index (χ4n) is 1.36. The number of rotatable bonds is 4. The number of carboxylic acid groups (broad SMARTS) is 1. The van der Waals surface area contributed by atoms with Crippen LogP contribution in [0, 0.1) is 0 Å². The van der Waals surface area contributed by atoms with Crippen molar-refractivity contribution < 1.29 is 27.8 Å². The van der Waals surface area contributed by atoms with E-state index in [0.717, 1.165) is 12.1 Å². The lowest BCUT2D eigenvalue weighted by atomic mass is 10.0. The Bertz CT molecular complexity index is 401. The number of hydrogen-bond donors (Lipinski definition) is 1. The van der Waals surface area contributed by atoms with E-state index in [4.69, 9.17) is 5.11 Å². The molecule has 0 aliphatic rings. The summed E-state index contributed by atoms with van der Waals surface area (Å²) in [4.78, 5) is 10.7. The quantitative estimate of drug-likeness (QED) is 0.889. The van der Waals surface area contributed by atoms with E-state index in [9.17, 15) is 18.0 Å². The Hall–Kier alpha value is -1.56. The third-order valence-corrected chi connectivity index (χ3v) is 2.24. The monoisotopic (exact) mass is 248 g/mol. The van der Waals surface area contributed by atoms with Crippen LogP contribution in [0.15, 0.2) is 24.3 Å². The van der Waals surface area contributed by atoms with E-state index in [0.29, 0.717) is 0 Å². The SMILES string of the molecule is COC(Cc1cccc(C(F)(F)F)c1)C(=O)O. The summed E-state index contributed by atoms with van der Waals surface area (Å²) in [5, 5.41) is 8.72. The van der Waals surface area contributed by atoms with Gasteiger partial charge in [-0.2, -0.15) is 13.2 Å². The van der Waals surface area contributed by atoms with Crippen LogP contribution >= 0.6 is 0 Å². The number of halogens is 3. The van der Waals surface area contributed by atoms with Gasteiger partial charge in [0.15, 0.2) is 6.10 Å². The third-order valence-electron chi connectivity index (χ3n) is 2.24. The number of carbonyl (C=O) groups is 1. The number of benzene rings is 1. The number of hydrogen-bond acceptors (Lipinski definition) is 2. The lowest BCUT2D eigenvalue weighted by Gasteiger charge is -2.12. The van der Waals surface area contributed by atoms with Crippen LogP contribution in [0.3, 0.4) is 0 Å². The normalized spacial score (nSPS) is 13.4. The summed E-state index contributed by atoms with van der Waals surface area (Å²) < 4.78 is 41.9. The first-order valence-electron chi connectivity index (χ1n) is 4.76. The molecular formula is C11H11F3O3. The van der Waals surface area contributed by atoms with Crippen LogP contribution < -0.4 is 0 Å². The average molecular weight is 248 g/mol. The maximum atomic E-state index is 12.4. The van der Waals surface area contributed by atoms with Gasteiger partial charge in [-0.05, 0) is 11.6 Å². The van der Waals surface area contributed by atoms with Gasteiger partial charge in [0.2, 0.25) is 0 Å². The molecule has 6 heteroatoms. The topological polar surface area (TPSA) is 46.5 Å². The summed E-state index contributed by atoms with van der Waals surface area (Å²) in [6, 6.07) is 4.54. The van der Waals surface area contributed by atoms with E-state index in [-0.39, 0.29) is 12.0 Å². The summed E-state index contributed by atoms with van der Waals surface area (Å²) in [7, 11) is 1.20. The summed E-state index contributed by atoms with van der Waals surface area (Å²) in [6.07, 6.45) is -5.67. The first kappa shape index (κ1) is 13.5. The summed E-state index contributed by atoms with van der Waals surface area (Å²) >= 11 is 0. The van der Waals surface area contributed by atoms with Crippen molar-refractivity contribution in [1.82, 2.24) is 0 Å². The van der Waals surface area contributed by atoms with Crippen LogP contribution in [0.4, 0.5) is 13.2 Å². The molecule has 0 spiro atoms. The van der Waals surface area contributed by atoms with Crippen molar-refractivity contribution in [2.24, 2.45) is 0 Å². The molecule has 1 atom stereocenters. The lowest BCUT2D eigenvalue weighted by molar-refractivity contribution is -0.148. The standard InChI is InChI=1S/C11H11F3O3/c1-17-9(10(15)16)6-7-3-2-4-8(5-7)11(12,13)14/h2-5,9H,6H2,1H3,(H,15,16). The van der Waals surface area contributed by atoms with Gasteiger partial charge in [0.1, 0.15) is 0 Å². The summed E-state index contributed by atoms with van der Waals surface area (Å²) in [5.41, 5.74) is -0.524. The fraction of sp³-hybridized carbons (Fsp3) is 0.364. The molecule has 0 fully saturated rings. The van der Waals surface area contributed by atoms with Crippen molar-refractivity contribution in [3.63, 3.8) is 0 Å². The molecule has 0 saturated carbocycles. The van der Waals surface area contributed by atoms with Crippen molar-refractivity contribution in [2.45, 2.75) is 18.7 Å². The molecule has 0 aromatic heterocycles. The number of alkyl halides is 3. The first-order chi connectivity index (χ1) is 7.84. The second-order valence-corrected chi connectivity index (χ2v) is 3.46. The molecule has 17 heavy (non-hydrogen) atoms. The Morgan fingerprint density at radius 1 is 1.47 bits per heavy atom. The van der Waals surface area contributed by atoms with Gasteiger partial charge in [-0.15, -0.1) is 0 Å². The summed E-state index contributed by atoms with van der Waals surface area (Å²) in [5.74, 6) is -1.20. The van der Waals surface area contributed by atoms with Crippen LogP contribution in [0.5, 0.6) is 0 Å². The van der Waals surface area contributed by atoms with Crippen LogP contribution in [0.2, 0.25) is 0 Å². The van der Waals surface area contributed by atoms with Gasteiger partial charge >= 0.3 is 12.1 Å². The van der Waals surface area contributed by atoms with Gasteiger partial charge in [-0.1, -0.05) is 18.2 Å². The molecule has 0 saturated heterocycles. The molecule has 1 rings (SSSR count). The molecule has 1 unspecified atom stereocenters. The second kappa shape index (κ2) is 5.18. The molecule has 1 aromatic carbocycles. The highest BCUT2D eigenvalue weighted by molar-refractivity contribution is 5.72. The van der Waals surface area contributed by atoms with Crippen LogP contribution in [0.1, 0.15) is 11.1 Å². The minimum absolute atomic E-state index is 0.101. The highest BCUT2D eigenvalue weighted by Gasteiger charge is 2.30. The third kappa shape index (κ3) is 3.74.